The van der Waals surface area contributed by atoms with Crippen LogP contribution in [0.25, 0.3) is 0 Å². The summed E-state index contributed by atoms with van der Waals surface area (Å²) in [6.45, 7) is 5.91. The van der Waals surface area contributed by atoms with E-state index in [1.165, 1.54) is 0 Å². The molecule has 4 unspecified atom stereocenters. The number of carbonyl (C=O) groups is 1. The van der Waals surface area contributed by atoms with Crippen LogP contribution < -0.4 is 11.1 Å². The number of ether oxygens (including phenoxy) is 1. The Morgan fingerprint density at radius 1 is 1.50 bits per heavy atom. The van der Waals surface area contributed by atoms with E-state index >= 15 is 0 Å². The van der Waals surface area contributed by atoms with Gasteiger partial charge in [-0.1, -0.05) is 13.3 Å². The fourth-order valence-corrected chi connectivity index (χ4v) is 5.06. The maximum atomic E-state index is 11.9. The minimum atomic E-state index is -0.451. The van der Waals surface area contributed by atoms with Gasteiger partial charge in [0, 0.05) is 11.9 Å². The Kier molecular flexibility index (Phi) is 5.75. The van der Waals surface area contributed by atoms with Crippen LogP contribution in [0.1, 0.15) is 46.0 Å². The molecule has 4 atom stereocenters. The number of rotatable bonds is 7. The molecule has 1 aliphatic carbocycles. The molecule has 0 bridgehead atoms. The van der Waals surface area contributed by atoms with Crippen LogP contribution in [-0.4, -0.2) is 41.7 Å². The van der Waals surface area contributed by atoms with Crippen molar-refractivity contribution in [3.8, 4) is 0 Å². The van der Waals surface area contributed by atoms with E-state index in [1.807, 2.05) is 18.7 Å². The molecule has 0 aromatic heterocycles. The lowest BCUT2D eigenvalue weighted by molar-refractivity contribution is -0.125. The average molecular weight is 300 g/mol. The second-order valence-corrected chi connectivity index (χ2v) is 7.36. The summed E-state index contributed by atoms with van der Waals surface area (Å²) in [5.74, 6) is 1.33. The van der Waals surface area contributed by atoms with Gasteiger partial charge in [-0.25, -0.2) is 0 Å². The highest BCUT2D eigenvalue weighted by Gasteiger charge is 2.46. The van der Waals surface area contributed by atoms with Gasteiger partial charge in [0.15, 0.2) is 0 Å². The van der Waals surface area contributed by atoms with Crippen molar-refractivity contribution < 1.29 is 9.53 Å². The molecule has 4 nitrogen and oxygen atoms in total. The molecule has 1 amide bonds. The maximum Gasteiger partial charge on any atom is 0.238 e. The minimum absolute atomic E-state index is 0.163. The SMILES string of the molecule is CCNC1(C(N)=O)CCCC1CCSC1CCOC1C. The molecule has 20 heavy (non-hydrogen) atoms. The van der Waals surface area contributed by atoms with Gasteiger partial charge in [-0.2, -0.15) is 11.8 Å². The Balaban J connectivity index is 1.85. The predicted molar refractivity (Wildman–Crippen MR) is 83.8 cm³/mol. The highest BCUT2D eigenvalue weighted by molar-refractivity contribution is 7.99. The average Bonchev–Trinajstić information content (AvgIpc) is 2.99. The van der Waals surface area contributed by atoms with Crippen LogP contribution in [0.5, 0.6) is 0 Å². The van der Waals surface area contributed by atoms with Gasteiger partial charge in [0.05, 0.1) is 6.10 Å². The maximum absolute atomic E-state index is 11.9. The highest BCUT2D eigenvalue weighted by Crippen LogP contribution is 2.39. The molecule has 5 heteroatoms. The van der Waals surface area contributed by atoms with Gasteiger partial charge in [-0.3, -0.25) is 4.79 Å². The van der Waals surface area contributed by atoms with Crippen molar-refractivity contribution in [3.63, 3.8) is 0 Å². The third kappa shape index (κ3) is 3.31. The quantitative estimate of drug-likeness (QED) is 0.754. The van der Waals surface area contributed by atoms with E-state index in [0.717, 1.165) is 51.0 Å². The van der Waals surface area contributed by atoms with Crippen LogP contribution in [0.2, 0.25) is 0 Å². The van der Waals surface area contributed by atoms with Gasteiger partial charge >= 0.3 is 0 Å². The minimum Gasteiger partial charge on any atom is -0.377 e. The molecular formula is C15H28N2O2S. The van der Waals surface area contributed by atoms with Gasteiger partial charge in [-0.05, 0) is 50.8 Å². The van der Waals surface area contributed by atoms with Crippen LogP contribution in [-0.2, 0) is 9.53 Å². The lowest BCUT2D eigenvalue weighted by atomic mass is 9.84. The first-order valence-corrected chi connectivity index (χ1v) is 8.93. The number of nitrogens with two attached hydrogens (primary N) is 1. The number of hydrogen-bond acceptors (Lipinski definition) is 4. The Labute approximate surface area is 126 Å². The largest absolute Gasteiger partial charge is 0.377 e. The Morgan fingerprint density at radius 2 is 2.30 bits per heavy atom. The normalized spacial score (nSPS) is 37.4. The Bertz CT molecular complexity index is 340. The fourth-order valence-electron chi connectivity index (χ4n) is 3.72. The zero-order chi connectivity index (χ0) is 14.6. The van der Waals surface area contributed by atoms with Crippen molar-refractivity contribution in [3.05, 3.63) is 0 Å². The summed E-state index contributed by atoms with van der Waals surface area (Å²) in [5.41, 5.74) is 5.25. The summed E-state index contributed by atoms with van der Waals surface area (Å²) in [6.07, 6.45) is 5.72. The lowest BCUT2D eigenvalue weighted by Crippen LogP contribution is -2.57. The number of nitrogens with one attached hydrogen (secondary N) is 1. The van der Waals surface area contributed by atoms with Crippen molar-refractivity contribution in [2.24, 2.45) is 11.7 Å². The van der Waals surface area contributed by atoms with Gasteiger partial charge in [0.1, 0.15) is 5.54 Å². The molecule has 0 aromatic rings. The van der Waals surface area contributed by atoms with Gasteiger partial charge in [0.2, 0.25) is 5.91 Å². The van der Waals surface area contributed by atoms with Crippen molar-refractivity contribution in [1.82, 2.24) is 5.32 Å². The summed E-state index contributed by atoms with van der Waals surface area (Å²) in [7, 11) is 0. The van der Waals surface area contributed by atoms with Crippen LogP contribution in [0.3, 0.4) is 0 Å². The van der Waals surface area contributed by atoms with Crippen molar-refractivity contribution in [2.75, 3.05) is 18.9 Å². The molecule has 1 heterocycles. The topological polar surface area (TPSA) is 64.3 Å². The van der Waals surface area contributed by atoms with Gasteiger partial charge in [0.25, 0.3) is 0 Å². The number of hydrogen-bond donors (Lipinski definition) is 2. The molecule has 1 saturated carbocycles. The number of likely N-dealkylation sites (N-methyl/N-ethyl adjacent to an activating group) is 1. The predicted octanol–water partition coefficient (Wildman–Crippen LogP) is 1.92. The number of primary amides is 1. The third-order valence-corrected chi connectivity index (χ3v) is 6.38. The van der Waals surface area contributed by atoms with Gasteiger partial charge in [-0.15, -0.1) is 0 Å². The second-order valence-electron chi connectivity index (χ2n) is 6.02. The summed E-state index contributed by atoms with van der Waals surface area (Å²) in [6, 6.07) is 0. The smallest absolute Gasteiger partial charge is 0.238 e. The van der Waals surface area contributed by atoms with Crippen molar-refractivity contribution >= 4 is 17.7 Å². The number of amides is 1. The standard InChI is InChI=1S/C15H28N2O2S/c1-3-17-15(14(16)18)8-4-5-12(15)7-10-20-13-6-9-19-11(13)2/h11-13,17H,3-10H2,1-2H3,(H2,16,18). The van der Waals surface area contributed by atoms with E-state index in [-0.39, 0.29) is 5.91 Å². The molecule has 3 N–H and O–H groups in total. The molecule has 1 aliphatic heterocycles. The van der Waals surface area contributed by atoms with E-state index in [9.17, 15) is 4.79 Å². The van der Waals surface area contributed by atoms with E-state index < -0.39 is 5.54 Å². The van der Waals surface area contributed by atoms with Crippen molar-refractivity contribution in [2.45, 2.75) is 62.8 Å². The Morgan fingerprint density at radius 3 is 2.90 bits per heavy atom. The summed E-state index contributed by atoms with van der Waals surface area (Å²) >= 11 is 2.00. The third-order valence-electron chi connectivity index (χ3n) is 4.86. The fraction of sp³-hybridized carbons (Fsp3) is 0.933. The highest BCUT2D eigenvalue weighted by atomic mass is 32.2. The molecule has 0 radical (unpaired) electrons. The second kappa shape index (κ2) is 7.14. The van der Waals surface area contributed by atoms with Crippen LogP contribution in [0.4, 0.5) is 0 Å². The molecule has 0 spiro atoms. The zero-order valence-electron chi connectivity index (χ0n) is 12.7. The van der Waals surface area contributed by atoms with E-state index in [4.69, 9.17) is 10.5 Å². The first kappa shape index (κ1) is 16.1. The van der Waals surface area contributed by atoms with Crippen LogP contribution >= 0.6 is 11.8 Å². The van der Waals surface area contributed by atoms with E-state index in [0.29, 0.717) is 17.3 Å². The van der Waals surface area contributed by atoms with E-state index in [2.05, 4.69) is 12.2 Å². The van der Waals surface area contributed by atoms with Crippen LogP contribution in [0.15, 0.2) is 0 Å². The molecular weight excluding hydrogens is 272 g/mol. The zero-order valence-corrected chi connectivity index (χ0v) is 13.5. The monoisotopic (exact) mass is 300 g/mol. The Hall–Kier alpha value is -0.260. The molecule has 0 aromatic carbocycles. The molecule has 2 aliphatic rings. The molecule has 1 saturated heterocycles. The first-order valence-electron chi connectivity index (χ1n) is 7.88. The molecule has 2 fully saturated rings. The number of thioether (sulfide) groups is 1. The summed E-state index contributed by atoms with van der Waals surface area (Å²) < 4.78 is 5.60. The molecule has 2 rings (SSSR count). The summed E-state index contributed by atoms with van der Waals surface area (Å²) in [5, 5.41) is 4.01. The number of carbonyl (C=O) groups excluding carboxylic acids is 1. The molecule has 116 valence electrons. The van der Waals surface area contributed by atoms with Crippen LogP contribution in [0, 0.1) is 5.92 Å². The van der Waals surface area contributed by atoms with E-state index in [1.54, 1.807) is 0 Å². The van der Waals surface area contributed by atoms with Crippen molar-refractivity contribution in [1.29, 1.82) is 0 Å². The lowest BCUT2D eigenvalue weighted by Gasteiger charge is -2.33. The summed E-state index contributed by atoms with van der Waals surface area (Å²) in [4.78, 5) is 11.9. The first-order chi connectivity index (χ1) is 9.60. The van der Waals surface area contributed by atoms with Gasteiger partial charge < -0.3 is 15.8 Å².